The van der Waals surface area contributed by atoms with Crippen molar-refractivity contribution in [1.82, 2.24) is 0 Å². The number of ether oxygens (including phenoxy) is 2. The Kier molecular flexibility index (Phi) is 6.04. The van der Waals surface area contributed by atoms with Crippen LogP contribution in [0.5, 0.6) is 17.2 Å². The first-order valence-corrected chi connectivity index (χ1v) is 10.2. The van der Waals surface area contributed by atoms with E-state index in [9.17, 15) is 19.7 Å². The summed E-state index contributed by atoms with van der Waals surface area (Å²) in [5.41, 5.74) is -0.710. The summed E-state index contributed by atoms with van der Waals surface area (Å²) in [7, 11) is 0. The predicted molar refractivity (Wildman–Crippen MR) is 122 cm³/mol. The molecular weight excluding hydrogens is 473 g/mol. The first-order chi connectivity index (χ1) is 15.7. The van der Waals surface area contributed by atoms with Crippen LogP contribution in [0, 0.1) is 17.0 Å². The van der Waals surface area contributed by atoms with E-state index in [1.807, 2.05) is 0 Å². The van der Waals surface area contributed by atoms with Gasteiger partial charge in [-0.25, -0.2) is 4.79 Å². The van der Waals surface area contributed by atoms with Gasteiger partial charge in [0.25, 0.3) is 5.69 Å². The van der Waals surface area contributed by atoms with Gasteiger partial charge >= 0.3 is 5.97 Å². The lowest BCUT2D eigenvalue weighted by Gasteiger charge is -2.10. The predicted octanol–water partition coefficient (Wildman–Crippen LogP) is 6.33. The number of benzene rings is 3. The smallest absolute Gasteiger partial charge is 0.343 e. The van der Waals surface area contributed by atoms with Crippen LogP contribution < -0.4 is 14.9 Å². The van der Waals surface area contributed by atoms with Gasteiger partial charge in [0.15, 0.2) is 0 Å². The van der Waals surface area contributed by atoms with E-state index in [4.69, 9.17) is 37.1 Å². The number of aryl methyl sites for hydroxylation is 1. The molecule has 0 atom stereocenters. The molecule has 4 aromatic rings. The number of nitrogens with zero attached hydrogens (tertiary/aromatic N) is 1. The van der Waals surface area contributed by atoms with Crippen LogP contribution in [-0.4, -0.2) is 10.9 Å². The van der Waals surface area contributed by atoms with Crippen LogP contribution in [-0.2, 0) is 0 Å². The zero-order chi connectivity index (χ0) is 23.7. The number of halogens is 2. The maximum Gasteiger partial charge on any atom is 0.343 e. The third-order valence-corrected chi connectivity index (χ3v) is 5.18. The van der Waals surface area contributed by atoms with Crippen molar-refractivity contribution in [1.29, 1.82) is 0 Å². The van der Waals surface area contributed by atoms with E-state index in [-0.39, 0.29) is 38.8 Å². The Morgan fingerprint density at radius 1 is 1.00 bits per heavy atom. The summed E-state index contributed by atoms with van der Waals surface area (Å²) in [6, 6.07) is 14.3. The van der Waals surface area contributed by atoms with Crippen LogP contribution in [0.3, 0.4) is 0 Å². The first-order valence-electron chi connectivity index (χ1n) is 9.40. The van der Waals surface area contributed by atoms with Gasteiger partial charge in [0.1, 0.15) is 27.9 Å². The van der Waals surface area contributed by atoms with Gasteiger partial charge in [-0.05, 0) is 55.5 Å². The molecule has 33 heavy (non-hydrogen) atoms. The molecule has 3 aromatic carbocycles. The lowest BCUT2D eigenvalue weighted by atomic mass is 10.2. The summed E-state index contributed by atoms with van der Waals surface area (Å²) in [5.74, 6) is -0.103. The fourth-order valence-corrected chi connectivity index (χ4v) is 3.33. The molecule has 0 aliphatic rings. The standard InChI is InChI=1S/C23H13Cl2NO7/c1-12-22(32-15-5-3-14(24)4-6-15)21(27)17-8-7-16(11-20(17)31-12)33-23(28)13-2-9-18(25)19(10-13)26(29)30/h2-11H,1H3. The van der Waals surface area contributed by atoms with Crippen LogP contribution in [0.25, 0.3) is 11.0 Å². The number of carbonyl (C=O) groups is 1. The monoisotopic (exact) mass is 485 g/mol. The van der Waals surface area contributed by atoms with Gasteiger partial charge in [0.2, 0.25) is 11.2 Å². The highest BCUT2D eigenvalue weighted by molar-refractivity contribution is 6.32. The third kappa shape index (κ3) is 4.67. The second kappa shape index (κ2) is 8.93. The molecule has 1 aromatic heterocycles. The highest BCUT2D eigenvalue weighted by atomic mass is 35.5. The summed E-state index contributed by atoms with van der Waals surface area (Å²) >= 11 is 11.6. The zero-order valence-electron chi connectivity index (χ0n) is 16.8. The summed E-state index contributed by atoms with van der Waals surface area (Å²) in [4.78, 5) is 35.7. The van der Waals surface area contributed by atoms with E-state index in [0.29, 0.717) is 10.8 Å². The number of hydrogen-bond donors (Lipinski definition) is 0. The number of rotatable bonds is 5. The SMILES string of the molecule is Cc1oc2cc(OC(=O)c3ccc(Cl)c([N+](=O)[O-])c3)ccc2c(=O)c1Oc1ccc(Cl)cc1. The molecule has 4 rings (SSSR count). The average molecular weight is 486 g/mol. The van der Waals surface area contributed by atoms with Gasteiger partial charge < -0.3 is 13.9 Å². The van der Waals surface area contributed by atoms with Crippen LogP contribution in [0.1, 0.15) is 16.1 Å². The van der Waals surface area contributed by atoms with Crippen molar-refractivity contribution in [3.8, 4) is 17.2 Å². The van der Waals surface area contributed by atoms with Crippen molar-refractivity contribution < 1.29 is 23.6 Å². The van der Waals surface area contributed by atoms with E-state index in [1.54, 1.807) is 31.2 Å². The maximum atomic E-state index is 12.9. The molecule has 166 valence electrons. The largest absolute Gasteiger partial charge is 0.457 e. The van der Waals surface area contributed by atoms with Crippen molar-refractivity contribution in [3.05, 3.63) is 102 Å². The molecule has 0 fully saturated rings. The van der Waals surface area contributed by atoms with Crippen molar-refractivity contribution in [2.75, 3.05) is 0 Å². The number of nitro groups is 1. The van der Waals surface area contributed by atoms with Crippen molar-refractivity contribution in [2.45, 2.75) is 6.92 Å². The maximum absolute atomic E-state index is 12.9. The molecule has 0 saturated heterocycles. The third-order valence-electron chi connectivity index (χ3n) is 4.61. The molecule has 0 aliphatic carbocycles. The van der Waals surface area contributed by atoms with Crippen molar-refractivity contribution in [2.24, 2.45) is 0 Å². The minimum atomic E-state index is -0.837. The molecule has 0 bridgehead atoms. The Labute approximate surface area is 196 Å². The Bertz CT molecular complexity index is 1460. The summed E-state index contributed by atoms with van der Waals surface area (Å²) < 4.78 is 16.7. The van der Waals surface area contributed by atoms with Crippen LogP contribution >= 0.6 is 23.2 Å². The number of nitro benzene ring substituents is 1. The summed E-state index contributed by atoms with van der Waals surface area (Å²) in [5, 5.41) is 11.7. The Hall–Kier alpha value is -3.88. The molecule has 10 heteroatoms. The number of fused-ring (bicyclic) bond motifs is 1. The molecule has 0 unspecified atom stereocenters. The van der Waals surface area contributed by atoms with Gasteiger partial charge in [-0.1, -0.05) is 23.2 Å². The van der Waals surface area contributed by atoms with Gasteiger partial charge in [-0.3, -0.25) is 14.9 Å². The highest BCUT2D eigenvalue weighted by Crippen LogP contribution is 2.29. The van der Waals surface area contributed by atoms with Crippen LogP contribution in [0.2, 0.25) is 10.0 Å². The fraction of sp³-hybridized carbons (Fsp3) is 0.0435. The number of hydrogen-bond acceptors (Lipinski definition) is 7. The van der Waals surface area contributed by atoms with E-state index in [0.717, 1.165) is 6.07 Å². The first kappa shape index (κ1) is 22.3. The topological polar surface area (TPSA) is 109 Å². The van der Waals surface area contributed by atoms with Crippen molar-refractivity contribution >= 4 is 45.8 Å². The van der Waals surface area contributed by atoms with E-state index >= 15 is 0 Å². The average Bonchev–Trinajstić information content (AvgIpc) is 2.77. The van der Waals surface area contributed by atoms with Gasteiger partial charge in [-0.15, -0.1) is 0 Å². The van der Waals surface area contributed by atoms with Gasteiger partial charge in [0, 0.05) is 17.2 Å². The molecule has 1 heterocycles. The molecule has 8 nitrogen and oxygen atoms in total. The lowest BCUT2D eigenvalue weighted by molar-refractivity contribution is -0.384. The molecule has 0 N–H and O–H groups in total. The quantitative estimate of drug-likeness (QED) is 0.140. The van der Waals surface area contributed by atoms with E-state index in [2.05, 4.69) is 0 Å². The highest BCUT2D eigenvalue weighted by Gasteiger charge is 2.19. The van der Waals surface area contributed by atoms with E-state index < -0.39 is 22.0 Å². The normalized spacial score (nSPS) is 10.8. The van der Waals surface area contributed by atoms with Gasteiger partial charge in [-0.2, -0.15) is 0 Å². The van der Waals surface area contributed by atoms with Crippen LogP contribution in [0.4, 0.5) is 5.69 Å². The fourth-order valence-electron chi connectivity index (χ4n) is 3.02. The minimum Gasteiger partial charge on any atom is -0.457 e. The van der Waals surface area contributed by atoms with E-state index in [1.165, 1.54) is 30.3 Å². The van der Waals surface area contributed by atoms with Crippen LogP contribution in [0.15, 0.2) is 69.9 Å². The van der Waals surface area contributed by atoms with Gasteiger partial charge in [0.05, 0.1) is 15.9 Å². The minimum absolute atomic E-state index is 0.0167. The Morgan fingerprint density at radius 2 is 1.70 bits per heavy atom. The molecule has 0 radical (unpaired) electrons. The second-order valence-corrected chi connectivity index (χ2v) is 7.69. The molecule has 0 aliphatic heterocycles. The Morgan fingerprint density at radius 3 is 2.39 bits per heavy atom. The molecule has 0 saturated carbocycles. The molecular formula is C23H13Cl2NO7. The molecule has 0 amide bonds. The number of carbonyl (C=O) groups excluding carboxylic acids is 1. The molecule has 0 spiro atoms. The zero-order valence-corrected chi connectivity index (χ0v) is 18.3. The second-order valence-electron chi connectivity index (χ2n) is 6.84. The summed E-state index contributed by atoms with van der Waals surface area (Å²) in [6.07, 6.45) is 0. The van der Waals surface area contributed by atoms with Crippen molar-refractivity contribution in [3.63, 3.8) is 0 Å². The number of esters is 1. The lowest BCUT2D eigenvalue weighted by Crippen LogP contribution is -2.10. The summed E-state index contributed by atoms with van der Waals surface area (Å²) in [6.45, 7) is 1.57. The Balaban J connectivity index is 1.63.